The second kappa shape index (κ2) is 16.8. The van der Waals surface area contributed by atoms with E-state index >= 15 is 0 Å². The van der Waals surface area contributed by atoms with Crippen molar-refractivity contribution in [3.63, 3.8) is 0 Å². The molecular weight excluding hydrogens is 788 g/mol. The fraction of sp³-hybridized carbons (Fsp3) is 0.386. The summed E-state index contributed by atoms with van der Waals surface area (Å²) >= 11 is 0. The van der Waals surface area contributed by atoms with Gasteiger partial charge in [0.25, 0.3) is 15.9 Å². The van der Waals surface area contributed by atoms with Gasteiger partial charge in [0.05, 0.1) is 22.3 Å². The van der Waals surface area contributed by atoms with Gasteiger partial charge in [0.1, 0.15) is 23.0 Å². The van der Waals surface area contributed by atoms with Crippen LogP contribution in [-0.2, 0) is 32.5 Å². The molecule has 1 aliphatic carbocycles. The topological polar surface area (TPSA) is 177 Å². The van der Waals surface area contributed by atoms with Crippen LogP contribution in [-0.4, -0.2) is 98.5 Å². The van der Waals surface area contributed by atoms with E-state index in [4.69, 9.17) is 9.47 Å². The van der Waals surface area contributed by atoms with Gasteiger partial charge in [-0.15, -0.1) is 0 Å². The molecule has 6 N–H and O–H groups in total. The van der Waals surface area contributed by atoms with Crippen molar-refractivity contribution in [2.75, 3.05) is 62.7 Å². The first kappa shape index (κ1) is 39.9. The van der Waals surface area contributed by atoms with Crippen LogP contribution in [0.5, 0.6) is 11.5 Å². The van der Waals surface area contributed by atoms with Gasteiger partial charge in [-0.25, -0.2) is 22.5 Å². The molecule has 5 aromatic rings. The first-order valence-corrected chi connectivity index (χ1v) is 22.2. The van der Waals surface area contributed by atoms with Gasteiger partial charge in [0.15, 0.2) is 5.69 Å². The number of aromatic amines is 1. The number of nitrogens with one attached hydrogen (secondary N) is 3. The van der Waals surface area contributed by atoms with Crippen LogP contribution in [0.3, 0.4) is 0 Å². The summed E-state index contributed by atoms with van der Waals surface area (Å²) in [6.07, 6.45) is 7.76. The summed E-state index contributed by atoms with van der Waals surface area (Å²) in [6.45, 7) is 6.17. The van der Waals surface area contributed by atoms with Gasteiger partial charge in [-0.1, -0.05) is 6.07 Å². The number of aromatic nitrogens is 2. The molecule has 5 heterocycles. The molecule has 3 fully saturated rings. The number of halogens is 1. The third kappa shape index (κ3) is 8.82. The van der Waals surface area contributed by atoms with E-state index in [1.807, 2.05) is 17.0 Å². The van der Waals surface area contributed by atoms with E-state index in [2.05, 4.69) is 35.5 Å². The average molecular weight is 838 g/mol. The number of benzene rings is 3. The minimum atomic E-state index is -4.28. The Balaban J connectivity index is 0.901. The van der Waals surface area contributed by atoms with Crippen molar-refractivity contribution in [3.05, 3.63) is 102 Å². The van der Waals surface area contributed by atoms with Crippen LogP contribution in [0.15, 0.2) is 84.0 Å². The smallest absolute Gasteiger partial charge is 0.268 e. The molecule has 2 amide bonds. The molecule has 0 bridgehead atoms. The molecule has 16 heteroatoms. The van der Waals surface area contributed by atoms with Crippen LogP contribution in [0.25, 0.3) is 11.0 Å². The lowest BCUT2D eigenvalue weighted by Gasteiger charge is -2.42. The highest BCUT2D eigenvalue weighted by Crippen LogP contribution is 2.36. The molecule has 1 saturated carbocycles. The van der Waals surface area contributed by atoms with Crippen LogP contribution >= 0.6 is 0 Å². The molecule has 2 saturated heterocycles. The molecular formula is C44H50FN8O6S+. The van der Waals surface area contributed by atoms with Crippen LogP contribution in [0, 0.1) is 17.7 Å². The van der Waals surface area contributed by atoms with Crippen molar-refractivity contribution in [3.8, 4) is 11.5 Å². The molecule has 4 aliphatic rings. The van der Waals surface area contributed by atoms with Crippen molar-refractivity contribution in [2.24, 2.45) is 11.8 Å². The van der Waals surface area contributed by atoms with E-state index in [1.54, 1.807) is 48.8 Å². The minimum absolute atomic E-state index is 0.000368. The van der Waals surface area contributed by atoms with Gasteiger partial charge < -0.3 is 35.3 Å². The second-order valence-electron chi connectivity index (χ2n) is 16.4. The van der Waals surface area contributed by atoms with Crippen molar-refractivity contribution >= 4 is 49.9 Å². The lowest BCUT2D eigenvalue weighted by molar-refractivity contribution is -0.253. The molecule has 0 radical (unpaired) electrons. The number of amides is 2. The highest BCUT2D eigenvalue weighted by atomic mass is 32.2. The van der Waals surface area contributed by atoms with Crippen molar-refractivity contribution in [1.29, 1.82) is 0 Å². The molecule has 1 atom stereocenters. The summed E-state index contributed by atoms with van der Waals surface area (Å²) in [6, 6.07) is 18.3. The van der Waals surface area contributed by atoms with E-state index in [0.717, 1.165) is 86.4 Å². The van der Waals surface area contributed by atoms with E-state index in [0.29, 0.717) is 55.6 Å². The van der Waals surface area contributed by atoms with Crippen LogP contribution < -0.4 is 25.4 Å². The quantitative estimate of drug-likeness (QED) is 0.137. The second-order valence-corrected chi connectivity index (χ2v) is 18.0. The molecule has 60 heavy (non-hydrogen) atoms. The fourth-order valence-electron chi connectivity index (χ4n) is 8.52. The highest BCUT2D eigenvalue weighted by molar-refractivity contribution is 7.90. The number of ether oxygens (including phenoxy) is 2. The van der Waals surface area contributed by atoms with Crippen LogP contribution in [0.4, 0.5) is 21.5 Å². The number of piperazine rings is 1. The first-order chi connectivity index (χ1) is 29.1. The molecule has 0 unspecified atom stereocenters. The number of pyridine rings is 1. The predicted molar refractivity (Wildman–Crippen MR) is 224 cm³/mol. The summed E-state index contributed by atoms with van der Waals surface area (Å²) in [4.78, 5) is 41.2. The molecule has 14 nitrogen and oxygen atoms in total. The number of fused-ring (bicyclic) bond motifs is 2. The Bertz CT molecular complexity index is 2520. The average Bonchev–Trinajstić information content (AvgIpc) is 4.00. The third-order valence-corrected chi connectivity index (χ3v) is 13.5. The number of H-pyrrole nitrogens is 1. The van der Waals surface area contributed by atoms with E-state index in [-0.39, 0.29) is 39.9 Å². The third-order valence-electron chi connectivity index (χ3n) is 12.2. The zero-order valence-corrected chi connectivity index (χ0v) is 34.2. The Hall–Kier alpha value is -5.55. The lowest BCUT2D eigenvalue weighted by atomic mass is 9.93. The maximum atomic E-state index is 14.1. The van der Waals surface area contributed by atoms with Crippen molar-refractivity contribution < 1.29 is 37.6 Å². The number of anilines is 2. The van der Waals surface area contributed by atoms with Crippen molar-refractivity contribution in [2.45, 2.75) is 49.6 Å². The predicted octanol–water partition coefficient (Wildman–Crippen LogP) is 4.81. The van der Waals surface area contributed by atoms with Gasteiger partial charge in [-0.2, -0.15) is 0 Å². The number of hydrogen-bond donors (Lipinski definition) is 4. The Kier molecular flexibility index (Phi) is 11.2. The standard InChI is InChI=1S/C44H49FN8O6S/c45-33-4-3-30-20-35(53(26-32(30)19-33)44(55)29-1-2-29)27-51-13-15-52(16-14-51)34-5-7-38(41(22-34)59-36-21-31-9-12-47-42(31)49-25-36)43(54)50-60(56,57)37-6-8-40(39(46)23-37)48-24-28-10-17-58-18-11-28/h3-9,12,19,21-23,25,28-29,35,48H,1-2,10-11,13-18,20,24,26-27,46H2,(H,47,49)(H,50,54)/p+1/t35-/m0/s1. The van der Waals surface area contributed by atoms with Crippen LogP contribution in [0.1, 0.15) is 47.2 Å². The molecule has 9 rings (SSSR count). The number of carbonyl (C=O) groups excluding carboxylic acids is 2. The largest absolute Gasteiger partial charge is 0.455 e. The highest BCUT2D eigenvalue weighted by Gasteiger charge is 2.39. The summed E-state index contributed by atoms with van der Waals surface area (Å²) < 4.78 is 55.4. The minimum Gasteiger partial charge on any atom is -0.455 e. The number of carbonyl (C=O) groups is 2. The molecule has 3 aliphatic heterocycles. The summed E-state index contributed by atoms with van der Waals surface area (Å²) in [5, 5.41) is 4.20. The van der Waals surface area contributed by atoms with Gasteiger partial charge in [0.2, 0.25) is 5.91 Å². The van der Waals surface area contributed by atoms with Gasteiger partial charge in [0, 0.05) is 100 Å². The molecule has 2 aromatic heterocycles. The lowest BCUT2D eigenvalue weighted by Crippen LogP contribution is -2.54. The Morgan fingerprint density at radius 1 is 0.950 bits per heavy atom. The maximum absolute atomic E-state index is 14.1. The number of hydrogen-bond acceptors (Lipinski definition) is 10. The van der Waals surface area contributed by atoms with Gasteiger partial charge in [-0.3, -0.25) is 14.5 Å². The van der Waals surface area contributed by atoms with Crippen molar-refractivity contribution in [1.82, 2.24) is 24.5 Å². The van der Waals surface area contributed by atoms with E-state index < -0.39 is 15.9 Å². The first-order valence-electron chi connectivity index (χ1n) is 20.7. The Labute approximate surface area is 348 Å². The van der Waals surface area contributed by atoms with Crippen LogP contribution in [0.2, 0.25) is 0 Å². The van der Waals surface area contributed by atoms with Gasteiger partial charge >= 0.3 is 0 Å². The monoisotopic (exact) mass is 837 g/mol. The molecule has 0 spiro atoms. The van der Waals surface area contributed by atoms with Gasteiger partial charge in [-0.05, 0) is 97.7 Å². The summed E-state index contributed by atoms with van der Waals surface area (Å²) in [7, 11) is -4.28. The number of sulfonamides is 1. The zero-order valence-electron chi connectivity index (χ0n) is 33.4. The number of rotatable bonds is 12. The normalized spacial score (nSPS) is 18.9. The van der Waals surface area contributed by atoms with E-state index in [1.165, 1.54) is 18.2 Å². The molecule has 3 aromatic carbocycles. The Morgan fingerprint density at radius 3 is 2.55 bits per heavy atom. The van der Waals surface area contributed by atoms with E-state index in [9.17, 15) is 22.4 Å². The summed E-state index contributed by atoms with van der Waals surface area (Å²) in [5.41, 5.74) is 8.81. The Morgan fingerprint density at radius 2 is 1.77 bits per heavy atom. The molecule has 314 valence electrons. The fourth-order valence-corrected chi connectivity index (χ4v) is 9.54. The number of nitrogens with zero attached hydrogens (tertiary/aromatic N) is 4. The summed E-state index contributed by atoms with van der Waals surface area (Å²) in [5.74, 6) is 0.144. The SMILES string of the molecule is [NH3+]c1cc(S(=O)(=O)NC(=O)c2ccc(N3CCN(C[C@@H]4Cc5ccc(F)cc5CN4C(=O)C4CC4)CC3)cc2Oc2cnc3[nH]ccc3c2)ccc1NCC1CCOCC1. The zero-order chi connectivity index (χ0) is 41.4. The maximum Gasteiger partial charge on any atom is 0.268 e. The number of quaternary nitrogens is 1.